The summed E-state index contributed by atoms with van der Waals surface area (Å²) in [6, 6.07) is 0. The van der Waals surface area contributed by atoms with Crippen molar-refractivity contribution in [1.29, 1.82) is 0 Å². The van der Waals surface area contributed by atoms with Gasteiger partial charge in [0.05, 0.1) is 0 Å². The molecule has 0 bridgehead atoms. The molecule has 9 heavy (non-hydrogen) atoms. The minimum absolute atomic E-state index is 1.12. The zero-order valence-corrected chi connectivity index (χ0v) is 6.55. The predicted molar refractivity (Wildman–Crippen MR) is 35.6 cm³/mol. The van der Waals surface area contributed by atoms with Gasteiger partial charge in [0.1, 0.15) is 0 Å². The van der Waals surface area contributed by atoms with Crippen LogP contribution >= 0.6 is 7.37 Å². The van der Waals surface area contributed by atoms with E-state index < -0.39 is 12.6 Å². The van der Waals surface area contributed by atoms with E-state index in [-0.39, 0.29) is 0 Å². The normalized spacial score (nSPS) is 18.7. The van der Waals surface area contributed by atoms with Gasteiger partial charge < -0.3 is 4.89 Å². The van der Waals surface area contributed by atoms with Crippen molar-refractivity contribution >= 4 is 7.37 Å². The highest BCUT2D eigenvalue weighted by Gasteiger charge is 2.35. The van der Waals surface area contributed by atoms with Crippen LogP contribution in [0.2, 0.25) is 0 Å². The van der Waals surface area contributed by atoms with Gasteiger partial charge in [0.15, 0.2) is 5.28 Å². The first kappa shape index (κ1) is 8.79. The molecule has 0 saturated carbocycles. The topological polar surface area (TPSA) is 66.7 Å². The van der Waals surface area contributed by atoms with Crippen LogP contribution in [0, 0.1) is 4.91 Å². The summed E-state index contributed by atoms with van der Waals surface area (Å²) in [6.45, 7) is 3.79. The fraction of sp³-hybridized carbons (Fsp3) is 1.00. The molecule has 0 spiro atoms. The number of rotatable bonds is 2. The molecular formula is C4H10NO3P. The van der Waals surface area contributed by atoms with E-state index in [4.69, 9.17) is 4.89 Å². The summed E-state index contributed by atoms with van der Waals surface area (Å²) < 4.78 is 10.7. The van der Waals surface area contributed by atoms with Crippen molar-refractivity contribution in [1.82, 2.24) is 0 Å². The molecule has 0 saturated heterocycles. The van der Waals surface area contributed by atoms with E-state index in [0.717, 1.165) is 6.66 Å². The molecule has 0 aromatic rings. The zero-order chi connectivity index (χ0) is 7.71. The highest BCUT2D eigenvalue weighted by Crippen LogP contribution is 2.50. The van der Waals surface area contributed by atoms with Gasteiger partial charge in [-0.25, -0.2) is 0 Å². The van der Waals surface area contributed by atoms with Gasteiger partial charge >= 0.3 is 0 Å². The van der Waals surface area contributed by atoms with Crippen molar-refractivity contribution in [3.05, 3.63) is 4.91 Å². The largest absolute Gasteiger partial charge is 0.343 e. The molecule has 0 aliphatic rings. The van der Waals surface area contributed by atoms with Crippen molar-refractivity contribution in [2.75, 3.05) is 6.66 Å². The van der Waals surface area contributed by atoms with Crippen LogP contribution in [0.3, 0.4) is 0 Å². The van der Waals surface area contributed by atoms with Gasteiger partial charge in [-0.05, 0) is 13.8 Å². The van der Waals surface area contributed by atoms with E-state index in [1.807, 2.05) is 0 Å². The van der Waals surface area contributed by atoms with Crippen LogP contribution in [0.15, 0.2) is 5.18 Å². The Morgan fingerprint density at radius 3 is 1.89 bits per heavy atom. The smallest absolute Gasteiger partial charge is 0.227 e. The summed E-state index contributed by atoms with van der Waals surface area (Å²) in [5.41, 5.74) is 0. The van der Waals surface area contributed by atoms with E-state index >= 15 is 0 Å². The van der Waals surface area contributed by atoms with Gasteiger partial charge in [-0.1, -0.05) is 5.18 Å². The molecule has 0 aliphatic carbocycles. The van der Waals surface area contributed by atoms with Gasteiger partial charge in [0.2, 0.25) is 7.37 Å². The molecule has 5 heteroatoms. The summed E-state index contributed by atoms with van der Waals surface area (Å²) in [5.74, 6) is 0. The Labute approximate surface area is 53.7 Å². The summed E-state index contributed by atoms with van der Waals surface area (Å²) in [7, 11) is -3.35. The van der Waals surface area contributed by atoms with Crippen LogP contribution < -0.4 is 0 Å². The van der Waals surface area contributed by atoms with Gasteiger partial charge in [0.25, 0.3) is 0 Å². The SMILES string of the molecule is CC(C)(N=O)P(C)(=O)O. The van der Waals surface area contributed by atoms with Crippen molar-refractivity contribution in [3.8, 4) is 0 Å². The molecule has 4 nitrogen and oxygen atoms in total. The van der Waals surface area contributed by atoms with Crippen LogP contribution in [0.1, 0.15) is 13.8 Å². The Kier molecular flexibility index (Phi) is 2.14. The molecule has 0 radical (unpaired) electrons. The lowest BCUT2D eigenvalue weighted by atomic mass is 10.4. The van der Waals surface area contributed by atoms with E-state index in [1.165, 1.54) is 13.8 Å². The maximum Gasteiger partial charge on any atom is 0.227 e. The molecule has 0 heterocycles. The Hall–Kier alpha value is -0.210. The van der Waals surface area contributed by atoms with E-state index in [2.05, 4.69) is 5.18 Å². The molecule has 0 aliphatic heterocycles. The monoisotopic (exact) mass is 151 g/mol. The first-order chi connectivity index (χ1) is 3.81. The lowest BCUT2D eigenvalue weighted by Gasteiger charge is -2.17. The molecule has 1 atom stereocenters. The third-order valence-corrected chi connectivity index (χ3v) is 3.35. The summed E-state index contributed by atoms with van der Waals surface area (Å²) >= 11 is 0. The molecule has 0 amide bonds. The fourth-order valence-electron chi connectivity index (χ4n) is 0.0757. The predicted octanol–water partition coefficient (Wildman–Crippen LogP) is 1.39. The van der Waals surface area contributed by atoms with Crippen molar-refractivity contribution in [2.24, 2.45) is 5.18 Å². The fourth-order valence-corrected chi connectivity index (χ4v) is 0.227. The second-order valence-corrected chi connectivity index (χ2v) is 5.32. The maximum atomic E-state index is 10.7. The lowest BCUT2D eigenvalue weighted by molar-refractivity contribution is 0.447. The average molecular weight is 151 g/mol. The van der Waals surface area contributed by atoms with Gasteiger partial charge in [0, 0.05) is 6.66 Å². The summed E-state index contributed by atoms with van der Waals surface area (Å²) in [4.78, 5) is 18.7. The van der Waals surface area contributed by atoms with Crippen LogP contribution in [0.5, 0.6) is 0 Å². The van der Waals surface area contributed by atoms with E-state index in [0.29, 0.717) is 0 Å². The number of nitroso groups, excluding NO2 is 1. The minimum Gasteiger partial charge on any atom is -0.343 e. The standard InChI is InChI=1S/C4H10NO3P/c1-4(2,5-6)9(3,7)8/h1-3H3,(H,7,8). The molecule has 0 aromatic heterocycles. The molecular weight excluding hydrogens is 141 g/mol. The number of hydrogen-bond acceptors (Lipinski definition) is 3. The lowest BCUT2D eigenvalue weighted by Crippen LogP contribution is -2.14. The van der Waals surface area contributed by atoms with Crippen LogP contribution in [0.4, 0.5) is 0 Å². The van der Waals surface area contributed by atoms with Gasteiger partial charge in [-0.15, -0.1) is 4.91 Å². The molecule has 1 N–H and O–H groups in total. The van der Waals surface area contributed by atoms with Crippen LogP contribution in [-0.2, 0) is 4.57 Å². The Morgan fingerprint density at radius 1 is 1.56 bits per heavy atom. The maximum absolute atomic E-state index is 10.7. The number of nitrogens with zero attached hydrogens (tertiary/aromatic N) is 1. The van der Waals surface area contributed by atoms with Crippen molar-refractivity contribution < 1.29 is 9.46 Å². The molecule has 0 aromatic carbocycles. The first-order valence-corrected chi connectivity index (χ1v) is 4.57. The van der Waals surface area contributed by atoms with E-state index in [9.17, 15) is 9.47 Å². The molecule has 0 fully saturated rings. The average Bonchev–Trinajstić information content (AvgIpc) is 1.64. The second-order valence-electron chi connectivity index (χ2n) is 2.46. The highest BCUT2D eigenvalue weighted by molar-refractivity contribution is 7.58. The summed E-state index contributed by atoms with van der Waals surface area (Å²) in [5, 5.41) is 1.19. The van der Waals surface area contributed by atoms with Gasteiger partial charge in [-0.2, -0.15) is 0 Å². The van der Waals surface area contributed by atoms with Crippen LogP contribution in [-0.4, -0.2) is 16.8 Å². The Morgan fingerprint density at radius 2 is 1.89 bits per heavy atom. The third kappa shape index (κ3) is 1.88. The van der Waals surface area contributed by atoms with Crippen molar-refractivity contribution in [2.45, 2.75) is 19.1 Å². The third-order valence-electron chi connectivity index (χ3n) is 1.24. The zero-order valence-electron chi connectivity index (χ0n) is 5.66. The minimum atomic E-state index is -3.35. The van der Waals surface area contributed by atoms with Crippen LogP contribution in [0.25, 0.3) is 0 Å². The summed E-state index contributed by atoms with van der Waals surface area (Å²) in [6.07, 6.45) is 0. The Balaban J connectivity index is 4.54. The molecule has 54 valence electrons. The van der Waals surface area contributed by atoms with Gasteiger partial charge in [-0.3, -0.25) is 4.57 Å². The first-order valence-electron chi connectivity index (χ1n) is 2.46. The molecule has 1 unspecified atom stereocenters. The van der Waals surface area contributed by atoms with Crippen molar-refractivity contribution in [3.63, 3.8) is 0 Å². The number of hydrogen-bond donors (Lipinski definition) is 1. The Bertz CT molecular complexity index is 159. The second kappa shape index (κ2) is 2.20. The highest BCUT2D eigenvalue weighted by atomic mass is 31.2. The quantitative estimate of drug-likeness (QED) is 0.479. The molecule has 0 rings (SSSR count). The van der Waals surface area contributed by atoms with E-state index in [1.54, 1.807) is 0 Å².